The number of piperazine rings is 1. The molecule has 0 radical (unpaired) electrons. The van der Waals surface area contributed by atoms with Crippen molar-refractivity contribution in [1.29, 1.82) is 0 Å². The number of methoxy groups -OCH3 is 1. The van der Waals surface area contributed by atoms with Crippen molar-refractivity contribution in [1.82, 2.24) is 15.0 Å². The molecule has 0 bridgehead atoms. The molecule has 0 spiro atoms. The minimum atomic E-state index is 0.0102. The van der Waals surface area contributed by atoms with E-state index in [-0.39, 0.29) is 5.91 Å². The number of aromatic nitrogens is 2. The van der Waals surface area contributed by atoms with E-state index in [9.17, 15) is 4.79 Å². The van der Waals surface area contributed by atoms with E-state index in [4.69, 9.17) is 9.26 Å². The SMILES string of the molecule is COc1cc(C(=O)N2CCN(c3noc(-c4ccccc4)n3)CC2)ccc1C. The zero-order valence-electron chi connectivity index (χ0n) is 16.0. The summed E-state index contributed by atoms with van der Waals surface area (Å²) in [6, 6.07) is 15.2. The van der Waals surface area contributed by atoms with Crippen molar-refractivity contribution in [2.45, 2.75) is 6.92 Å². The summed E-state index contributed by atoms with van der Waals surface area (Å²) in [5, 5.41) is 4.10. The molecule has 0 atom stereocenters. The van der Waals surface area contributed by atoms with Gasteiger partial charge in [0.25, 0.3) is 17.7 Å². The molecule has 28 heavy (non-hydrogen) atoms. The lowest BCUT2D eigenvalue weighted by molar-refractivity contribution is 0.0745. The van der Waals surface area contributed by atoms with Gasteiger partial charge in [-0.3, -0.25) is 4.79 Å². The Bertz CT molecular complexity index is 963. The summed E-state index contributed by atoms with van der Waals surface area (Å²) in [5.41, 5.74) is 2.54. The predicted molar refractivity (Wildman–Crippen MR) is 106 cm³/mol. The second-order valence-corrected chi connectivity index (χ2v) is 6.73. The monoisotopic (exact) mass is 378 g/mol. The van der Waals surface area contributed by atoms with Gasteiger partial charge in [0.1, 0.15) is 5.75 Å². The molecule has 0 N–H and O–H groups in total. The van der Waals surface area contributed by atoms with Gasteiger partial charge < -0.3 is 19.1 Å². The van der Waals surface area contributed by atoms with Gasteiger partial charge in [-0.05, 0) is 41.9 Å². The minimum absolute atomic E-state index is 0.0102. The predicted octanol–water partition coefficient (Wildman–Crippen LogP) is 3.02. The third-order valence-corrected chi connectivity index (χ3v) is 4.94. The van der Waals surface area contributed by atoms with E-state index in [0.29, 0.717) is 43.6 Å². The fourth-order valence-corrected chi connectivity index (χ4v) is 3.29. The lowest BCUT2D eigenvalue weighted by Gasteiger charge is -2.34. The topological polar surface area (TPSA) is 71.7 Å². The van der Waals surface area contributed by atoms with E-state index in [2.05, 4.69) is 10.1 Å². The number of rotatable bonds is 4. The molecular weight excluding hydrogens is 356 g/mol. The molecule has 1 amide bonds. The smallest absolute Gasteiger partial charge is 0.266 e. The molecule has 1 saturated heterocycles. The van der Waals surface area contributed by atoms with Crippen LogP contribution >= 0.6 is 0 Å². The summed E-state index contributed by atoms with van der Waals surface area (Å²) < 4.78 is 10.7. The van der Waals surface area contributed by atoms with Crippen molar-refractivity contribution < 1.29 is 14.1 Å². The van der Waals surface area contributed by atoms with Crippen molar-refractivity contribution in [2.24, 2.45) is 0 Å². The van der Waals surface area contributed by atoms with Crippen LogP contribution in [0.3, 0.4) is 0 Å². The van der Waals surface area contributed by atoms with E-state index in [1.807, 2.05) is 59.2 Å². The first kappa shape index (κ1) is 18.0. The molecule has 2 aromatic carbocycles. The van der Waals surface area contributed by atoms with Crippen molar-refractivity contribution in [2.75, 3.05) is 38.2 Å². The first-order chi connectivity index (χ1) is 13.7. The van der Waals surface area contributed by atoms with Crippen LogP contribution in [0.4, 0.5) is 5.95 Å². The number of carbonyl (C=O) groups is 1. The zero-order valence-corrected chi connectivity index (χ0v) is 16.0. The number of benzene rings is 2. The van der Waals surface area contributed by atoms with Crippen LogP contribution in [0.15, 0.2) is 53.1 Å². The van der Waals surface area contributed by atoms with Crippen LogP contribution in [-0.4, -0.2) is 54.2 Å². The van der Waals surface area contributed by atoms with Gasteiger partial charge in [0.15, 0.2) is 0 Å². The summed E-state index contributed by atoms with van der Waals surface area (Å²) in [6.07, 6.45) is 0. The summed E-state index contributed by atoms with van der Waals surface area (Å²) >= 11 is 0. The van der Waals surface area contributed by atoms with Gasteiger partial charge in [-0.1, -0.05) is 24.3 Å². The number of carbonyl (C=O) groups excluding carboxylic acids is 1. The molecule has 7 heteroatoms. The molecule has 1 aromatic heterocycles. The van der Waals surface area contributed by atoms with Gasteiger partial charge in [0, 0.05) is 37.3 Å². The Morgan fingerprint density at radius 2 is 1.82 bits per heavy atom. The molecule has 1 aliphatic heterocycles. The molecule has 2 heterocycles. The van der Waals surface area contributed by atoms with E-state index in [1.165, 1.54) is 0 Å². The molecule has 4 rings (SSSR count). The third-order valence-electron chi connectivity index (χ3n) is 4.94. The molecule has 0 aliphatic carbocycles. The van der Waals surface area contributed by atoms with Gasteiger partial charge in [0.2, 0.25) is 0 Å². The highest BCUT2D eigenvalue weighted by molar-refractivity contribution is 5.95. The van der Waals surface area contributed by atoms with Crippen LogP contribution in [0.25, 0.3) is 11.5 Å². The maximum Gasteiger partial charge on any atom is 0.266 e. The van der Waals surface area contributed by atoms with Crippen LogP contribution in [0.2, 0.25) is 0 Å². The van der Waals surface area contributed by atoms with Crippen molar-refractivity contribution in [3.05, 3.63) is 59.7 Å². The van der Waals surface area contributed by atoms with Gasteiger partial charge in [-0.15, -0.1) is 0 Å². The number of nitrogens with zero attached hydrogens (tertiary/aromatic N) is 4. The first-order valence-electron chi connectivity index (χ1n) is 9.23. The fourth-order valence-electron chi connectivity index (χ4n) is 3.29. The highest BCUT2D eigenvalue weighted by atomic mass is 16.5. The Hall–Kier alpha value is -3.35. The molecular formula is C21H22N4O3. The average Bonchev–Trinajstić information content (AvgIpc) is 3.25. The van der Waals surface area contributed by atoms with E-state index in [0.717, 1.165) is 16.9 Å². The van der Waals surface area contributed by atoms with Crippen LogP contribution in [-0.2, 0) is 0 Å². The maximum atomic E-state index is 12.8. The molecule has 0 saturated carbocycles. The van der Waals surface area contributed by atoms with Gasteiger partial charge >= 0.3 is 0 Å². The number of hydrogen-bond acceptors (Lipinski definition) is 6. The second kappa shape index (κ2) is 7.72. The maximum absolute atomic E-state index is 12.8. The fraction of sp³-hybridized carbons (Fsp3) is 0.286. The molecule has 1 aliphatic rings. The summed E-state index contributed by atoms with van der Waals surface area (Å²) in [5.74, 6) is 1.80. The second-order valence-electron chi connectivity index (χ2n) is 6.73. The molecule has 7 nitrogen and oxygen atoms in total. The number of ether oxygens (including phenoxy) is 1. The van der Waals surface area contributed by atoms with Crippen molar-refractivity contribution in [3.63, 3.8) is 0 Å². The van der Waals surface area contributed by atoms with Gasteiger partial charge in [0.05, 0.1) is 7.11 Å². The van der Waals surface area contributed by atoms with E-state index >= 15 is 0 Å². The number of aryl methyl sites for hydroxylation is 1. The Morgan fingerprint density at radius 1 is 1.07 bits per heavy atom. The van der Waals surface area contributed by atoms with Crippen LogP contribution < -0.4 is 9.64 Å². The van der Waals surface area contributed by atoms with Crippen LogP contribution in [0.5, 0.6) is 5.75 Å². The van der Waals surface area contributed by atoms with Crippen molar-refractivity contribution >= 4 is 11.9 Å². The number of anilines is 1. The van der Waals surface area contributed by atoms with Gasteiger partial charge in [-0.2, -0.15) is 4.98 Å². The molecule has 144 valence electrons. The summed E-state index contributed by atoms with van der Waals surface area (Å²) in [4.78, 5) is 21.2. The first-order valence-corrected chi connectivity index (χ1v) is 9.23. The molecule has 3 aromatic rings. The highest BCUT2D eigenvalue weighted by Crippen LogP contribution is 2.23. The largest absolute Gasteiger partial charge is 0.496 e. The summed E-state index contributed by atoms with van der Waals surface area (Å²) in [7, 11) is 1.62. The normalized spacial score (nSPS) is 14.2. The van der Waals surface area contributed by atoms with E-state index < -0.39 is 0 Å². The molecule has 1 fully saturated rings. The molecule has 0 unspecified atom stereocenters. The number of hydrogen-bond donors (Lipinski definition) is 0. The van der Waals surface area contributed by atoms with Crippen molar-refractivity contribution in [3.8, 4) is 17.2 Å². The lowest BCUT2D eigenvalue weighted by Crippen LogP contribution is -2.49. The number of amides is 1. The standard InChI is InChI=1S/C21H22N4O3/c1-15-8-9-17(14-18(15)27-2)20(26)24-10-12-25(13-11-24)21-22-19(28-23-21)16-6-4-3-5-7-16/h3-9,14H,10-13H2,1-2H3. The van der Waals surface area contributed by atoms with Crippen LogP contribution in [0, 0.1) is 6.92 Å². The quantitative estimate of drug-likeness (QED) is 0.695. The van der Waals surface area contributed by atoms with E-state index in [1.54, 1.807) is 13.2 Å². The zero-order chi connectivity index (χ0) is 19.5. The van der Waals surface area contributed by atoms with Gasteiger partial charge in [-0.25, -0.2) is 0 Å². The Morgan fingerprint density at radius 3 is 2.54 bits per heavy atom. The third kappa shape index (κ3) is 3.55. The minimum Gasteiger partial charge on any atom is -0.496 e. The Balaban J connectivity index is 1.41. The average molecular weight is 378 g/mol. The Kier molecular flexibility index (Phi) is 4.97. The Labute approximate surface area is 163 Å². The lowest BCUT2D eigenvalue weighted by atomic mass is 10.1. The summed E-state index contributed by atoms with van der Waals surface area (Å²) in [6.45, 7) is 4.47. The highest BCUT2D eigenvalue weighted by Gasteiger charge is 2.25. The van der Waals surface area contributed by atoms with Crippen LogP contribution in [0.1, 0.15) is 15.9 Å².